The average Bonchev–Trinajstić information content (AvgIpc) is 2.69. The molecule has 0 bridgehead atoms. The number of aromatic hydroxyl groups is 1. The van der Waals surface area contributed by atoms with Gasteiger partial charge >= 0.3 is 0 Å². The molecule has 3 rings (SSSR count). The Kier molecular flexibility index (Phi) is 6.85. The summed E-state index contributed by atoms with van der Waals surface area (Å²) in [4.78, 5) is 17.0. The molecule has 2 aromatic carbocycles. The van der Waals surface area contributed by atoms with Crippen molar-refractivity contribution in [3.63, 3.8) is 0 Å². The minimum Gasteiger partial charge on any atom is -0.508 e. The van der Waals surface area contributed by atoms with E-state index >= 15 is 0 Å². The van der Waals surface area contributed by atoms with Gasteiger partial charge in [0.1, 0.15) is 5.75 Å². The topological polar surface area (TPSA) is 64.0 Å². The van der Waals surface area contributed by atoms with Crippen molar-refractivity contribution in [1.29, 1.82) is 0 Å². The van der Waals surface area contributed by atoms with E-state index in [0.717, 1.165) is 25.9 Å². The van der Waals surface area contributed by atoms with Crippen LogP contribution < -0.4 is 0 Å². The molecule has 1 atom stereocenters. The minimum absolute atomic E-state index is 0.0576. The third-order valence-corrected chi connectivity index (χ3v) is 5.20. The zero-order chi connectivity index (χ0) is 19.1. The maximum Gasteiger partial charge on any atom is 0.254 e. The lowest BCUT2D eigenvalue weighted by molar-refractivity contribution is 0.0419. The molecule has 27 heavy (non-hydrogen) atoms. The van der Waals surface area contributed by atoms with Crippen LogP contribution in [0.25, 0.3) is 0 Å². The van der Waals surface area contributed by atoms with Crippen molar-refractivity contribution >= 4 is 5.91 Å². The van der Waals surface area contributed by atoms with Gasteiger partial charge in [-0.3, -0.25) is 9.69 Å². The molecule has 1 aliphatic heterocycles. The van der Waals surface area contributed by atoms with Crippen LogP contribution in [0.15, 0.2) is 54.6 Å². The SMILES string of the molecule is O=C(c1cccc(O)c1)N1CCN(CCCc2ccccc2)[C@@H](CCO)C1. The molecule has 0 aliphatic carbocycles. The monoisotopic (exact) mass is 368 g/mol. The molecule has 0 spiro atoms. The molecule has 144 valence electrons. The van der Waals surface area contributed by atoms with Crippen molar-refractivity contribution in [2.75, 3.05) is 32.8 Å². The second-order valence-corrected chi connectivity index (χ2v) is 7.09. The summed E-state index contributed by atoms with van der Waals surface area (Å²) >= 11 is 0. The van der Waals surface area contributed by atoms with E-state index in [2.05, 4.69) is 29.2 Å². The number of hydrogen-bond donors (Lipinski definition) is 2. The molecule has 5 nitrogen and oxygen atoms in total. The Bertz CT molecular complexity index is 735. The number of aliphatic hydroxyl groups excluding tert-OH is 1. The minimum atomic E-state index is -0.0576. The zero-order valence-corrected chi connectivity index (χ0v) is 15.6. The van der Waals surface area contributed by atoms with Crippen LogP contribution in [0.3, 0.4) is 0 Å². The summed E-state index contributed by atoms with van der Waals surface area (Å²) < 4.78 is 0. The van der Waals surface area contributed by atoms with Gasteiger partial charge in [0.15, 0.2) is 0 Å². The number of carbonyl (C=O) groups is 1. The predicted molar refractivity (Wildman–Crippen MR) is 106 cm³/mol. The molecule has 1 heterocycles. The zero-order valence-electron chi connectivity index (χ0n) is 15.6. The average molecular weight is 368 g/mol. The summed E-state index contributed by atoms with van der Waals surface area (Å²) in [5.41, 5.74) is 1.85. The Morgan fingerprint density at radius 2 is 1.89 bits per heavy atom. The maximum atomic E-state index is 12.7. The predicted octanol–water partition coefficient (Wildman–Crippen LogP) is 2.53. The molecule has 1 saturated heterocycles. The molecule has 0 unspecified atom stereocenters. The first-order valence-electron chi connectivity index (χ1n) is 9.64. The molecule has 1 fully saturated rings. The summed E-state index contributed by atoms with van der Waals surface area (Å²) in [5.74, 6) is 0.0464. The Morgan fingerprint density at radius 1 is 1.07 bits per heavy atom. The second-order valence-electron chi connectivity index (χ2n) is 7.09. The molecule has 5 heteroatoms. The van der Waals surface area contributed by atoms with Crippen molar-refractivity contribution in [3.8, 4) is 5.75 Å². The standard InChI is InChI=1S/C22H28N2O3/c25-15-11-20-17-24(22(27)19-9-4-10-21(26)16-19)14-13-23(20)12-5-8-18-6-2-1-3-7-18/h1-4,6-7,9-10,16,20,25-26H,5,8,11-15,17H2/t20-/m0/s1. The number of amides is 1. The maximum absolute atomic E-state index is 12.7. The summed E-state index contributed by atoms with van der Waals surface area (Å²) in [5, 5.41) is 19.1. The molecule has 0 radical (unpaired) electrons. The van der Waals surface area contributed by atoms with Crippen LogP contribution in [0, 0.1) is 0 Å². The molecule has 0 aromatic heterocycles. The van der Waals surface area contributed by atoms with E-state index in [9.17, 15) is 15.0 Å². The first kappa shape index (κ1) is 19.4. The quantitative estimate of drug-likeness (QED) is 0.788. The highest BCUT2D eigenvalue weighted by Crippen LogP contribution is 2.18. The fourth-order valence-electron chi connectivity index (χ4n) is 3.75. The Labute approximate surface area is 160 Å². The van der Waals surface area contributed by atoms with Crippen LogP contribution in [0.2, 0.25) is 0 Å². The van der Waals surface area contributed by atoms with Gasteiger partial charge in [0, 0.05) is 37.8 Å². The van der Waals surface area contributed by atoms with Gasteiger partial charge in [-0.1, -0.05) is 36.4 Å². The lowest BCUT2D eigenvalue weighted by atomic mass is 10.0. The summed E-state index contributed by atoms with van der Waals surface area (Å²) in [6.07, 6.45) is 2.76. The molecular weight excluding hydrogens is 340 g/mol. The van der Waals surface area contributed by atoms with E-state index in [4.69, 9.17) is 0 Å². The van der Waals surface area contributed by atoms with Crippen LogP contribution in [0.4, 0.5) is 0 Å². The first-order valence-corrected chi connectivity index (χ1v) is 9.64. The van der Waals surface area contributed by atoms with Gasteiger partial charge in [-0.05, 0) is 49.6 Å². The number of phenolic OH excluding ortho intramolecular Hbond substituents is 1. The lowest BCUT2D eigenvalue weighted by Gasteiger charge is -2.41. The number of aliphatic hydroxyl groups is 1. The van der Waals surface area contributed by atoms with Crippen molar-refractivity contribution in [2.45, 2.75) is 25.3 Å². The van der Waals surface area contributed by atoms with Crippen LogP contribution in [0.5, 0.6) is 5.75 Å². The summed E-state index contributed by atoms with van der Waals surface area (Å²) in [6.45, 7) is 3.17. The molecule has 1 amide bonds. The normalized spacial score (nSPS) is 17.8. The number of benzene rings is 2. The van der Waals surface area contributed by atoms with Crippen molar-refractivity contribution in [2.24, 2.45) is 0 Å². The van der Waals surface area contributed by atoms with E-state index in [-0.39, 0.29) is 24.3 Å². The van der Waals surface area contributed by atoms with Crippen LogP contribution in [-0.4, -0.2) is 64.7 Å². The number of aryl methyl sites for hydroxylation is 1. The van der Waals surface area contributed by atoms with Gasteiger partial charge in [0.25, 0.3) is 5.91 Å². The van der Waals surface area contributed by atoms with Gasteiger partial charge in [0.2, 0.25) is 0 Å². The fourth-order valence-corrected chi connectivity index (χ4v) is 3.75. The van der Waals surface area contributed by atoms with E-state index < -0.39 is 0 Å². The lowest BCUT2D eigenvalue weighted by Crippen LogP contribution is -2.55. The van der Waals surface area contributed by atoms with E-state index in [0.29, 0.717) is 25.1 Å². The van der Waals surface area contributed by atoms with E-state index in [1.165, 1.54) is 11.6 Å². The van der Waals surface area contributed by atoms with Crippen LogP contribution in [0.1, 0.15) is 28.8 Å². The van der Waals surface area contributed by atoms with Crippen LogP contribution >= 0.6 is 0 Å². The van der Waals surface area contributed by atoms with Crippen LogP contribution in [-0.2, 0) is 6.42 Å². The van der Waals surface area contributed by atoms with Gasteiger partial charge < -0.3 is 15.1 Å². The smallest absolute Gasteiger partial charge is 0.254 e. The van der Waals surface area contributed by atoms with Gasteiger partial charge in [0.05, 0.1) is 0 Å². The number of phenols is 1. The summed E-state index contributed by atoms with van der Waals surface area (Å²) in [7, 11) is 0. The molecule has 2 N–H and O–H groups in total. The molecule has 1 aliphatic rings. The van der Waals surface area contributed by atoms with E-state index in [1.807, 2.05) is 11.0 Å². The highest BCUT2D eigenvalue weighted by molar-refractivity contribution is 5.94. The number of rotatable bonds is 7. The van der Waals surface area contributed by atoms with Crippen molar-refractivity contribution in [1.82, 2.24) is 9.80 Å². The Balaban J connectivity index is 1.56. The highest BCUT2D eigenvalue weighted by atomic mass is 16.3. The highest BCUT2D eigenvalue weighted by Gasteiger charge is 2.29. The van der Waals surface area contributed by atoms with Crippen molar-refractivity contribution in [3.05, 3.63) is 65.7 Å². The third-order valence-electron chi connectivity index (χ3n) is 5.20. The number of hydrogen-bond acceptors (Lipinski definition) is 4. The Morgan fingerprint density at radius 3 is 2.63 bits per heavy atom. The number of nitrogens with zero attached hydrogens (tertiary/aromatic N) is 2. The van der Waals surface area contributed by atoms with Crippen molar-refractivity contribution < 1.29 is 15.0 Å². The molecule has 2 aromatic rings. The Hall–Kier alpha value is -2.37. The number of piperazine rings is 1. The van der Waals surface area contributed by atoms with E-state index in [1.54, 1.807) is 18.2 Å². The second kappa shape index (κ2) is 9.53. The fraction of sp³-hybridized carbons (Fsp3) is 0.409. The van der Waals surface area contributed by atoms with Gasteiger partial charge in [-0.15, -0.1) is 0 Å². The first-order chi connectivity index (χ1) is 13.2. The third kappa shape index (κ3) is 5.31. The van der Waals surface area contributed by atoms with Gasteiger partial charge in [-0.2, -0.15) is 0 Å². The number of carbonyl (C=O) groups excluding carboxylic acids is 1. The summed E-state index contributed by atoms with van der Waals surface area (Å²) in [6, 6.07) is 17.1. The van der Waals surface area contributed by atoms with Gasteiger partial charge in [-0.25, -0.2) is 0 Å². The largest absolute Gasteiger partial charge is 0.508 e. The molecule has 0 saturated carbocycles. The molecular formula is C22H28N2O3.